The molecule has 2 aromatic rings. The molecule has 1 aromatic carbocycles. The van der Waals surface area contributed by atoms with E-state index in [0.717, 1.165) is 33.3 Å². The van der Waals surface area contributed by atoms with Crippen LogP contribution >= 0.6 is 15.9 Å². The lowest BCUT2D eigenvalue weighted by Crippen LogP contribution is -2.07. The fourth-order valence-electron chi connectivity index (χ4n) is 2.41. The minimum Gasteiger partial charge on any atom is -0.388 e. The van der Waals surface area contributed by atoms with E-state index < -0.39 is 6.10 Å². The molecule has 0 bridgehead atoms. The van der Waals surface area contributed by atoms with E-state index in [1.807, 2.05) is 42.9 Å². The topological polar surface area (TPSA) is 38.0 Å². The van der Waals surface area contributed by atoms with Crippen molar-refractivity contribution in [1.82, 2.24) is 9.78 Å². The maximum Gasteiger partial charge on any atom is 0.0846 e. The average Bonchev–Trinajstić information content (AvgIpc) is 2.91. The van der Waals surface area contributed by atoms with Crippen molar-refractivity contribution >= 4 is 15.9 Å². The summed E-state index contributed by atoms with van der Waals surface area (Å²) < 4.78 is 3.08. The zero-order valence-corrected chi connectivity index (χ0v) is 14.7. The molecule has 0 amide bonds. The van der Waals surface area contributed by atoms with Crippen molar-refractivity contribution < 1.29 is 5.11 Å². The number of aryl methyl sites for hydroxylation is 2. The van der Waals surface area contributed by atoms with Gasteiger partial charge in [-0.05, 0) is 49.9 Å². The lowest BCUT2D eigenvalue weighted by atomic mass is 10.0. The predicted octanol–water partition coefficient (Wildman–Crippen LogP) is 4.51. The van der Waals surface area contributed by atoms with E-state index >= 15 is 0 Å². The highest BCUT2D eigenvalue weighted by molar-refractivity contribution is 9.10. The van der Waals surface area contributed by atoms with E-state index in [2.05, 4.69) is 34.9 Å². The van der Waals surface area contributed by atoms with E-state index in [0.29, 0.717) is 12.5 Å². The first-order chi connectivity index (χ1) is 9.92. The van der Waals surface area contributed by atoms with Gasteiger partial charge < -0.3 is 5.11 Å². The second-order valence-corrected chi connectivity index (χ2v) is 6.53. The van der Waals surface area contributed by atoms with Crippen molar-refractivity contribution in [2.75, 3.05) is 0 Å². The summed E-state index contributed by atoms with van der Waals surface area (Å²) in [5.41, 5.74) is 4.18. The summed E-state index contributed by atoms with van der Waals surface area (Å²) in [7, 11) is 0. The lowest BCUT2D eigenvalue weighted by molar-refractivity contribution is 0.176. The molecule has 2 unspecified atom stereocenters. The molecule has 1 aromatic heterocycles. The lowest BCUT2D eigenvalue weighted by Gasteiger charge is -2.13. The summed E-state index contributed by atoms with van der Waals surface area (Å²) in [4.78, 5) is 0. The van der Waals surface area contributed by atoms with Gasteiger partial charge in [-0.1, -0.05) is 35.0 Å². The first-order valence-corrected chi connectivity index (χ1v) is 8.20. The Hall–Kier alpha value is -1.13. The van der Waals surface area contributed by atoms with Gasteiger partial charge in [-0.15, -0.1) is 0 Å². The van der Waals surface area contributed by atoms with Crippen LogP contribution in [0.4, 0.5) is 0 Å². The summed E-state index contributed by atoms with van der Waals surface area (Å²) in [6, 6.07) is 6.46. The largest absolute Gasteiger partial charge is 0.388 e. The first-order valence-electron chi connectivity index (χ1n) is 7.41. The standard InChI is InChI=1S/C17H23BrN2O/c1-5-13(4)20-7-6-15(19-20)10-16(21)14-8-11(2)17(18)12(3)9-14/h6-9,13,16,21H,5,10H2,1-4H3. The van der Waals surface area contributed by atoms with Crippen LogP contribution in [-0.2, 0) is 6.42 Å². The number of aliphatic hydroxyl groups is 1. The molecule has 0 spiro atoms. The van der Waals surface area contributed by atoms with Gasteiger partial charge in [0.15, 0.2) is 0 Å². The number of rotatable bonds is 5. The second-order valence-electron chi connectivity index (χ2n) is 5.73. The van der Waals surface area contributed by atoms with Crippen LogP contribution in [-0.4, -0.2) is 14.9 Å². The molecule has 0 aliphatic carbocycles. The highest BCUT2D eigenvalue weighted by Gasteiger charge is 2.14. The van der Waals surface area contributed by atoms with E-state index in [1.54, 1.807) is 0 Å². The maximum absolute atomic E-state index is 10.5. The minimum absolute atomic E-state index is 0.396. The molecule has 2 rings (SSSR count). The third-order valence-electron chi connectivity index (χ3n) is 3.95. The summed E-state index contributed by atoms with van der Waals surface area (Å²) >= 11 is 3.56. The van der Waals surface area contributed by atoms with Crippen molar-refractivity contribution in [3.63, 3.8) is 0 Å². The number of benzene rings is 1. The Balaban J connectivity index is 2.14. The molecule has 2 atom stereocenters. The fraction of sp³-hybridized carbons (Fsp3) is 0.471. The Morgan fingerprint density at radius 1 is 1.29 bits per heavy atom. The van der Waals surface area contributed by atoms with Gasteiger partial charge in [-0.3, -0.25) is 4.68 Å². The zero-order valence-electron chi connectivity index (χ0n) is 13.1. The number of aliphatic hydroxyl groups excluding tert-OH is 1. The molecule has 0 saturated carbocycles. The maximum atomic E-state index is 10.5. The number of nitrogens with zero attached hydrogens (tertiary/aromatic N) is 2. The van der Waals surface area contributed by atoms with Gasteiger partial charge in [0, 0.05) is 23.1 Å². The van der Waals surface area contributed by atoms with Gasteiger partial charge in [0.05, 0.1) is 11.8 Å². The van der Waals surface area contributed by atoms with Gasteiger partial charge in [0.25, 0.3) is 0 Å². The van der Waals surface area contributed by atoms with Crippen LogP contribution < -0.4 is 0 Å². The normalized spacial score (nSPS) is 14.2. The molecule has 0 saturated heterocycles. The van der Waals surface area contributed by atoms with Crippen molar-refractivity contribution in [3.05, 3.63) is 51.3 Å². The highest BCUT2D eigenvalue weighted by Crippen LogP contribution is 2.27. The number of hydrogen-bond donors (Lipinski definition) is 1. The van der Waals surface area contributed by atoms with Crippen LogP contribution in [0.1, 0.15) is 54.8 Å². The van der Waals surface area contributed by atoms with Crippen molar-refractivity contribution in [3.8, 4) is 0 Å². The fourth-order valence-corrected chi connectivity index (χ4v) is 2.64. The first kappa shape index (κ1) is 16.2. The third kappa shape index (κ3) is 3.74. The molecule has 0 aliphatic rings. The molecular weight excluding hydrogens is 328 g/mol. The second kappa shape index (κ2) is 6.75. The van der Waals surface area contributed by atoms with Gasteiger partial charge in [0.2, 0.25) is 0 Å². The molecular formula is C17H23BrN2O. The smallest absolute Gasteiger partial charge is 0.0846 e. The Kier molecular flexibility index (Phi) is 5.22. The quantitative estimate of drug-likeness (QED) is 0.861. The molecule has 114 valence electrons. The van der Waals surface area contributed by atoms with Gasteiger partial charge in [-0.2, -0.15) is 5.10 Å². The molecule has 0 aliphatic heterocycles. The molecule has 21 heavy (non-hydrogen) atoms. The molecule has 1 heterocycles. The van der Waals surface area contributed by atoms with E-state index in [9.17, 15) is 5.11 Å². The van der Waals surface area contributed by atoms with Crippen LogP contribution in [0.15, 0.2) is 28.9 Å². The summed E-state index contributed by atoms with van der Waals surface area (Å²) in [5, 5.41) is 15.0. The van der Waals surface area contributed by atoms with Gasteiger partial charge in [-0.25, -0.2) is 0 Å². The van der Waals surface area contributed by atoms with Crippen LogP contribution in [0.25, 0.3) is 0 Å². The van der Waals surface area contributed by atoms with E-state index in [1.165, 1.54) is 0 Å². The van der Waals surface area contributed by atoms with E-state index in [-0.39, 0.29) is 0 Å². The Labute approximate surface area is 135 Å². The van der Waals surface area contributed by atoms with Crippen molar-refractivity contribution in [1.29, 1.82) is 0 Å². The number of aromatic nitrogens is 2. The van der Waals surface area contributed by atoms with Crippen LogP contribution in [0.5, 0.6) is 0 Å². The number of hydrogen-bond acceptors (Lipinski definition) is 2. The van der Waals surface area contributed by atoms with Gasteiger partial charge in [0.1, 0.15) is 0 Å². The van der Waals surface area contributed by atoms with Crippen molar-refractivity contribution in [2.45, 2.75) is 52.7 Å². The Morgan fingerprint density at radius 3 is 2.48 bits per heavy atom. The highest BCUT2D eigenvalue weighted by atomic mass is 79.9. The predicted molar refractivity (Wildman–Crippen MR) is 89.5 cm³/mol. The van der Waals surface area contributed by atoms with E-state index in [4.69, 9.17) is 0 Å². The molecule has 1 N–H and O–H groups in total. The SMILES string of the molecule is CCC(C)n1ccc(CC(O)c2cc(C)c(Br)c(C)c2)n1. The summed E-state index contributed by atoms with van der Waals surface area (Å²) in [5.74, 6) is 0. The minimum atomic E-state index is -0.518. The Bertz CT molecular complexity index is 598. The molecule has 0 radical (unpaired) electrons. The third-order valence-corrected chi connectivity index (χ3v) is 5.20. The van der Waals surface area contributed by atoms with Crippen LogP contribution in [0.2, 0.25) is 0 Å². The molecule has 0 fully saturated rings. The number of halogens is 1. The van der Waals surface area contributed by atoms with Crippen molar-refractivity contribution in [2.24, 2.45) is 0 Å². The average molecular weight is 351 g/mol. The van der Waals surface area contributed by atoms with Crippen LogP contribution in [0, 0.1) is 13.8 Å². The summed E-state index contributed by atoms with van der Waals surface area (Å²) in [6.45, 7) is 8.39. The monoisotopic (exact) mass is 350 g/mol. The van der Waals surface area contributed by atoms with Crippen LogP contribution in [0.3, 0.4) is 0 Å². The molecule has 3 nitrogen and oxygen atoms in total. The molecule has 4 heteroatoms. The zero-order chi connectivity index (χ0) is 15.6. The van der Waals surface area contributed by atoms with Gasteiger partial charge >= 0.3 is 0 Å². The summed E-state index contributed by atoms with van der Waals surface area (Å²) in [6.07, 6.45) is 3.07. The Morgan fingerprint density at radius 2 is 1.90 bits per heavy atom.